The van der Waals surface area contributed by atoms with Crippen LogP contribution in [0.25, 0.3) is 0 Å². The minimum atomic E-state index is -3.94. The van der Waals surface area contributed by atoms with Crippen LogP contribution in [-0.2, 0) is 18.1 Å². The van der Waals surface area contributed by atoms with Gasteiger partial charge >= 0.3 is 16.3 Å². The Balaban J connectivity index is 3.49. The Bertz CT molecular complexity index is 444. The summed E-state index contributed by atoms with van der Waals surface area (Å²) in [4.78, 5) is 42.8. The molecule has 0 aliphatic carbocycles. The zero-order valence-corrected chi connectivity index (χ0v) is 23.5. The third-order valence-electron chi connectivity index (χ3n) is 4.83. The molecule has 0 saturated carbocycles. The summed E-state index contributed by atoms with van der Waals surface area (Å²) in [5, 5.41) is 0. The lowest BCUT2D eigenvalue weighted by molar-refractivity contribution is -0.870. The van der Waals surface area contributed by atoms with E-state index in [1.807, 2.05) is 42.3 Å². The van der Waals surface area contributed by atoms with Crippen molar-refractivity contribution in [2.24, 2.45) is 0 Å². The summed E-state index contributed by atoms with van der Waals surface area (Å²) in [6.45, 7) is 2.10. The Labute approximate surface area is 202 Å². The second-order valence-corrected chi connectivity index (χ2v) is 13.4. The van der Waals surface area contributed by atoms with E-state index < -0.39 is 16.3 Å². The zero-order chi connectivity index (χ0) is 25.4. The largest absolute Gasteiger partial charge is 0.606 e. The van der Waals surface area contributed by atoms with E-state index in [0.717, 1.165) is 57.8 Å². The Morgan fingerprint density at radius 2 is 0.727 bits per heavy atom. The Hall–Kier alpha value is 0.460. The highest BCUT2D eigenvalue weighted by Gasteiger charge is 2.28. The summed E-state index contributed by atoms with van der Waals surface area (Å²) < 4.78 is 21.3. The number of hydrogen-bond acceptors (Lipinski definition) is 8. The molecule has 0 aromatic carbocycles. The predicted octanol–water partition coefficient (Wildman–Crippen LogP) is 2.04. The number of unbranched alkanes of at least 4 members (excludes halogenated alkanes) is 8. The van der Waals surface area contributed by atoms with E-state index in [-0.39, 0.29) is 26.4 Å². The molecule has 0 aromatic heterocycles. The summed E-state index contributed by atoms with van der Waals surface area (Å²) in [5.41, 5.74) is 0. The summed E-state index contributed by atoms with van der Waals surface area (Å²) in [6.07, 6.45) is 8.84. The topological polar surface area (TPSA) is 124 Å². The van der Waals surface area contributed by atoms with E-state index in [1.165, 1.54) is 0 Å². The van der Waals surface area contributed by atoms with Crippen LogP contribution in [0.1, 0.15) is 57.8 Å². The summed E-state index contributed by atoms with van der Waals surface area (Å²) in [7, 11) is 4.04. The van der Waals surface area contributed by atoms with Crippen LogP contribution in [0.15, 0.2) is 0 Å². The van der Waals surface area contributed by atoms with Crippen LogP contribution in [0.3, 0.4) is 0 Å². The number of phosphoric ester groups is 2. The fourth-order valence-corrected chi connectivity index (χ4v) is 4.23. The van der Waals surface area contributed by atoms with Crippen LogP contribution in [0, 0.1) is 0 Å². The number of quaternary nitrogens is 2. The third kappa shape index (κ3) is 25.4. The van der Waals surface area contributed by atoms with Crippen LogP contribution in [-0.4, -0.2) is 101 Å². The summed E-state index contributed by atoms with van der Waals surface area (Å²) in [5.74, 6) is 0. The molecule has 0 rings (SSSR count). The normalized spacial score (nSPS) is 16.5. The van der Waals surface area contributed by atoms with Crippen molar-refractivity contribution in [3.63, 3.8) is 0 Å². The van der Waals surface area contributed by atoms with Crippen LogP contribution >= 0.6 is 16.3 Å². The summed E-state index contributed by atoms with van der Waals surface area (Å²) in [6, 6.07) is 0. The van der Waals surface area contributed by atoms with Crippen molar-refractivity contribution < 1.29 is 46.6 Å². The molecule has 0 amide bonds. The Kier molecular flexibility index (Phi) is 17.2. The molecule has 2 atom stereocenters. The smallest absolute Gasteiger partial charge is 0.377 e. The number of phosphoric acid groups is 2. The lowest BCUT2D eigenvalue weighted by atomic mass is 10.1. The molecule has 10 nitrogen and oxygen atoms in total. The van der Waals surface area contributed by atoms with E-state index in [2.05, 4.69) is 0 Å². The SMILES string of the molecule is C[N+](C)(C)CCO[P+]([O-])(O)OCCCCCCCCCCCO[P+]([O-])(O)OCC[N+](C)(C)C. The third-order valence-corrected chi connectivity index (χ3v) is 6.87. The molecule has 0 aromatic rings. The molecule has 2 unspecified atom stereocenters. The first kappa shape index (κ1) is 33.5. The number of rotatable bonds is 22. The minimum Gasteiger partial charge on any atom is -0.606 e. The standard InChI is InChI=1S/C21H48N2O8P2/c1-22(2,3)16-20-30-32(24,25)28-18-14-12-10-8-7-9-11-13-15-19-29-33(26,27)31-21-17-23(4,5)6/h7-21H2,1-6H3/p+2. The highest BCUT2D eigenvalue weighted by Crippen LogP contribution is 2.48. The second-order valence-electron chi connectivity index (χ2n) is 10.5. The molecule has 0 heterocycles. The molecular formula is C21H50N2O8P2+2. The van der Waals surface area contributed by atoms with Gasteiger partial charge < -0.3 is 18.8 Å². The van der Waals surface area contributed by atoms with E-state index >= 15 is 0 Å². The van der Waals surface area contributed by atoms with Gasteiger partial charge in [-0.25, -0.2) is 0 Å². The van der Waals surface area contributed by atoms with Crippen molar-refractivity contribution in [2.45, 2.75) is 57.8 Å². The van der Waals surface area contributed by atoms with Gasteiger partial charge in [0, 0.05) is 0 Å². The fraction of sp³-hybridized carbons (Fsp3) is 1.00. The molecular weight excluding hydrogens is 470 g/mol. The van der Waals surface area contributed by atoms with Gasteiger partial charge in [-0.3, -0.25) is 0 Å². The molecule has 0 aliphatic heterocycles. The highest BCUT2D eigenvalue weighted by molar-refractivity contribution is 7.53. The first-order chi connectivity index (χ1) is 15.1. The van der Waals surface area contributed by atoms with Crippen molar-refractivity contribution in [1.29, 1.82) is 0 Å². The van der Waals surface area contributed by atoms with E-state index in [9.17, 15) is 19.6 Å². The first-order valence-corrected chi connectivity index (χ1v) is 15.0. The van der Waals surface area contributed by atoms with Gasteiger partial charge in [-0.15, -0.1) is 0 Å². The number of likely N-dealkylation sites (N-methyl/N-ethyl adjacent to an activating group) is 2. The van der Waals surface area contributed by atoms with E-state index in [1.54, 1.807) is 0 Å². The van der Waals surface area contributed by atoms with Crippen LogP contribution in [0.5, 0.6) is 0 Å². The van der Waals surface area contributed by atoms with Gasteiger partial charge in [0.2, 0.25) is 0 Å². The molecule has 0 bridgehead atoms. The first-order valence-electron chi connectivity index (χ1n) is 12.0. The van der Waals surface area contributed by atoms with Crippen molar-refractivity contribution in [3.05, 3.63) is 0 Å². The Morgan fingerprint density at radius 3 is 1.00 bits per heavy atom. The zero-order valence-electron chi connectivity index (χ0n) is 21.7. The molecule has 0 aliphatic rings. The van der Waals surface area contributed by atoms with Crippen molar-refractivity contribution in [3.8, 4) is 0 Å². The second kappa shape index (κ2) is 17.0. The van der Waals surface area contributed by atoms with Crippen molar-refractivity contribution in [2.75, 3.05) is 81.8 Å². The van der Waals surface area contributed by atoms with Gasteiger partial charge in [0.1, 0.15) is 26.3 Å². The average molecular weight is 521 g/mol. The maximum Gasteiger partial charge on any atom is 0.377 e. The predicted molar refractivity (Wildman–Crippen MR) is 129 cm³/mol. The lowest BCUT2D eigenvalue weighted by Crippen LogP contribution is -2.38. The number of hydrogen-bond donors (Lipinski definition) is 2. The molecule has 33 heavy (non-hydrogen) atoms. The van der Waals surface area contributed by atoms with Crippen molar-refractivity contribution in [1.82, 2.24) is 0 Å². The van der Waals surface area contributed by atoms with Gasteiger partial charge in [0.25, 0.3) is 0 Å². The van der Waals surface area contributed by atoms with Crippen LogP contribution in [0.4, 0.5) is 0 Å². The number of nitrogens with zero attached hydrogens (tertiary/aromatic N) is 2. The van der Waals surface area contributed by atoms with Crippen LogP contribution in [0.2, 0.25) is 0 Å². The molecule has 0 saturated heterocycles. The Morgan fingerprint density at radius 1 is 0.485 bits per heavy atom. The average Bonchev–Trinajstić information content (AvgIpc) is 2.62. The van der Waals surface area contributed by atoms with Gasteiger partial charge in [0.05, 0.1) is 55.5 Å². The highest BCUT2D eigenvalue weighted by atomic mass is 31.2. The van der Waals surface area contributed by atoms with E-state index in [0.29, 0.717) is 22.1 Å². The maximum absolute atomic E-state index is 11.8. The van der Waals surface area contributed by atoms with Gasteiger partial charge in [-0.05, 0) is 12.8 Å². The molecule has 12 heteroatoms. The molecule has 0 radical (unpaired) electrons. The maximum atomic E-state index is 11.8. The minimum absolute atomic E-state index is 0.188. The van der Waals surface area contributed by atoms with Crippen LogP contribution < -0.4 is 9.79 Å². The molecule has 0 spiro atoms. The summed E-state index contributed by atoms with van der Waals surface area (Å²) >= 11 is 0. The lowest BCUT2D eigenvalue weighted by Gasteiger charge is -2.25. The van der Waals surface area contributed by atoms with Gasteiger partial charge in [-0.1, -0.05) is 44.9 Å². The fourth-order valence-electron chi connectivity index (χ4n) is 2.74. The van der Waals surface area contributed by atoms with Crippen molar-refractivity contribution >= 4 is 16.3 Å². The monoisotopic (exact) mass is 520 g/mol. The molecule has 0 fully saturated rings. The van der Waals surface area contributed by atoms with Gasteiger partial charge in [0.15, 0.2) is 0 Å². The molecule has 2 N–H and O–H groups in total. The van der Waals surface area contributed by atoms with Gasteiger partial charge in [-0.2, -0.15) is 27.9 Å². The van der Waals surface area contributed by atoms with E-state index in [4.69, 9.17) is 18.1 Å². The molecule has 200 valence electrons. The quantitative estimate of drug-likeness (QED) is 0.126.